The maximum Gasteiger partial charge on any atom is 0.326 e. The number of hydrogen-bond acceptors (Lipinski definition) is 5. The second-order valence-corrected chi connectivity index (χ2v) is 9.29. The molecule has 0 heterocycles. The van der Waals surface area contributed by atoms with E-state index in [9.17, 15) is 23.5 Å². The first kappa shape index (κ1) is 28.0. The number of methoxy groups -OCH3 is 2. The number of amides is 1. The molecule has 0 spiro atoms. The van der Waals surface area contributed by atoms with E-state index in [0.29, 0.717) is 31.1 Å². The number of hydrogen-bond donors (Lipinski definition) is 2. The lowest BCUT2D eigenvalue weighted by atomic mass is 9.89. The van der Waals surface area contributed by atoms with Gasteiger partial charge in [0.2, 0.25) is 0 Å². The van der Waals surface area contributed by atoms with Crippen molar-refractivity contribution >= 4 is 11.9 Å². The Balaban J connectivity index is 1.64. The lowest BCUT2D eigenvalue weighted by Crippen LogP contribution is -2.43. The number of carboxylic acid groups (broad SMARTS) is 1. The summed E-state index contributed by atoms with van der Waals surface area (Å²) < 4.78 is 45.2. The van der Waals surface area contributed by atoms with Crippen molar-refractivity contribution in [1.29, 1.82) is 0 Å². The van der Waals surface area contributed by atoms with Crippen LogP contribution in [0.3, 0.4) is 0 Å². The predicted octanol–water partition coefficient (Wildman–Crippen LogP) is 5.02. The van der Waals surface area contributed by atoms with Gasteiger partial charge in [-0.05, 0) is 66.3 Å². The lowest BCUT2D eigenvalue weighted by molar-refractivity contribution is -0.139. The SMILES string of the molecule is CCOCc1cc(OC)c(C2CCc3c(C[C@H](NC(=O)c4c(F)cccc4F)C(=O)O)cccc32)c(OC)c1. The Kier molecular flexibility index (Phi) is 8.81. The van der Waals surface area contributed by atoms with Crippen molar-refractivity contribution in [3.63, 3.8) is 0 Å². The predicted molar refractivity (Wildman–Crippen MR) is 140 cm³/mol. The quantitative estimate of drug-likeness (QED) is 0.355. The maximum atomic E-state index is 14.1. The molecule has 0 saturated carbocycles. The average Bonchev–Trinajstić information content (AvgIpc) is 3.35. The Bertz CT molecular complexity index is 1330. The van der Waals surface area contributed by atoms with Crippen molar-refractivity contribution in [2.24, 2.45) is 0 Å². The number of nitrogens with one attached hydrogen (secondary N) is 1. The zero-order valence-electron chi connectivity index (χ0n) is 22.1. The fourth-order valence-electron chi connectivity index (χ4n) is 5.23. The van der Waals surface area contributed by atoms with Gasteiger partial charge in [0.1, 0.15) is 34.7 Å². The number of carboxylic acids is 1. The van der Waals surface area contributed by atoms with E-state index in [2.05, 4.69) is 5.32 Å². The Hall–Kier alpha value is -3.98. The molecule has 9 heteroatoms. The monoisotopic (exact) mass is 539 g/mol. The first-order valence-corrected chi connectivity index (χ1v) is 12.7. The molecule has 0 bridgehead atoms. The molecule has 7 nitrogen and oxygen atoms in total. The zero-order chi connectivity index (χ0) is 28.1. The van der Waals surface area contributed by atoms with Crippen LogP contribution in [0, 0.1) is 11.6 Å². The van der Waals surface area contributed by atoms with E-state index >= 15 is 0 Å². The standard InChI is InChI=1S/C30H31F2NO6/c1-4-39-16-17-13-25(37-2)27(26(14-17)38-3)21-12-11-19-18(7-5-8-20(19)21)15-24(30(35)36)33-29(34)28-22(31)9-6-10-23(28)32/h5-10,13-14,21,24H,4,11-12,15-16H2,1-3H3,(H,33,34)(H,35,36)/t21?,24-/m0/s1. The Morgan fingerprint density at radius 1 is 1.05 bits per heavy atom. The van der Waals surface area contributed by atoms with Crippen LogP contribution >= 0.6 is 0 Å². The normalized spacial score (nSPS) is 14.9. The first-order valence-electron chi connectivity index (χ1n) is 12.7. The summed E-state index contributed by atoms with van der Waals surface area (Å²) in [5.41, 5.74) is 3.73. The summed E-state index contributed by atoms with van der Waals surface area (Å²) in [6.07, 6.45) is 1.37. The molecular formula is C30H31F2NO6. The minimum atomic E-state index is -1.39. The number of fused-ring (bicyclic) bond motifs is 1. The van der Waals surface area contributed by atoms with E-state index in [0.717, 1.165) is 52.4 Å². The molecule has 1 aliphatic rings. The number of carbonyl (C=O) groups is 2. The molecular weight excluding hydrogens is 508 g/mol. The van der Waals surface area contributed by atoms with Gasteiger partial charge in [0.25, 0.3) is 5.91 Å². The highest BCUT2D eigenvalue weighted by Gasteiger charge is 2.32. The van der Waals surface area contributed by atoms with Gasteiger partial charge in [-0.1, -0.05) is 24.3 Å². The molecule has 2 atom stereocenters. The summed E-state index contributed by atoms with van der Waals surface area (Å²) in [4.78, 5) is 24.7. The first-order chi connectivity index (χ1) is 18.8. The molecule has 0 radical (unpaired) electrons. The van der Waals surface area contributed by atoms with Crippen molar-refractivity contribution in [2.45, 2.75) is 44.8 Å². The summed E-state index contributed by atoms with van der Waals surface area (Å²) in [6, 6.07) is 11.2. The molecule has 1 amide bonds. The average molecular weight is 540 g/mol. The van der Waals surface area contributed by atoms with Crippen LogP contribution in [0.1, 0.15) is 57.4 Å². The summed E-state index contributed by atoms with van der Waals surface area (Å²) >= 11 is 0. The molecule has 1 unspecified atom stereocenters. The van der Waals surface area contributed by atoms with E-state index in [1.807, 2.05) is 37.3 Å². The van der Waals surface area contributed by atoms with Crippen LogP contribution < -0.4 is 14.8 Å². The van der Waals surface area contributed by atoms with E-state index in [4.69, 9.17) is 14.2 Å². The summed E-state index contributed by atoms with van der Waals surface area (Å²) in [5.74, 6) is -3.25. The second-order valence-electron chi connectivity index (χ2n) is 9.29. The number of carbonyl (C=O) groups excluding carboxylic acids is 1. The van der Waals surface area contributed by atoms with Crippen LogP contribution in [0.4, 0.5) is 8.78 Å². The van der Waals surface area contributed by atoms with Crippen molar-refractivity contribution < 1.29 is 37.7 Å². The molecule has 206 valence electrons. The van der Waals surface area contributed by atoms with Gasteiger partial charge in [0.15, 0.2) is 0 Å². The molecule has 3 aromatic rings. The molecule has 0 aromatic heterocycles. The van der Waals surface area contributed by atoms with Gasteiger partial charge in [-0.2, -0.15) is 0 Å². The molecule has 0 saturated heterocycles. The van der Waals surface area contributed by atoms with E-state index in [-0.39, 0.29) is 12.3 Å². The van der Waals surface area contributed by atoms with Crippen molar-refractivity contribution in [2.75, 3.05) is 20.8 Å². The molecule has 39 heavy (non-hydrogen) atoms. The third-order valence-corrected chi connectivity index (χ3v) is 7.01. The van der Waals surface area contributed by atoms with Crippen LogP contribution in [0.25, 0.3) is 0 Å². The smallest absolute Gasteiger partial charge is 0.326 e. The van der Waals surface area contributed by atoms with E-state index in [1.165, 1.54) is 0 Å². The number of benzene rings is 3. The van der Waals surface area contributed by atoms with Gasteiger partial charge in [0.05, 0.1) is 20.8 Å². The summed E-state index contributed by atoms with van der Waals surface area (Å²) in [5, 5.41) is 12.1. The maximum absolute atomic E-state index is 14.1. The fraction of sp³-hybridized carbons (Fsp3) is 0.333. The Morgan fingerprint density at radius 3 is 2.28 bits per heavy atom. The van der Waals surface area contributed by atoms with Gasteiger partial charge < -0.3 is 24.6 Å². The largest absolute Gasteiger partial charge is 0.496 e. The van der Waals surface area contributed by atoms with Crippen molar-refractivity contribution in [3.05, 3.63) is 93.5 Å². The summed E-state index contributed by atoms with van der Waals surface area (Å²) in [6.45, 7) is 2.93. The van der Waals surface area contributed by atoms with Crippen molar-refractivity contribution in [3.8, 4) is 11.5 Å². The van der Waals surface area contributed by atoms with E-state index < -0.39 is 35.1 Å². The van der Waals surface area contributed by atoms with Gasteiger partial charge >= 0.3 is 5.97 Å². The van der Waals surface area contributed by atoms with Crippen LogP contribution in [-0.4, -0.2) is 43.9 Å². The molecule has 2 N–H and O–H groups in total. The van der Waals surface area contributed by atoms with Crippen LogP contribution in [0.2, 0.25) is 0 Å². The minimum Gasteiger partial charge on any atom is -0.496 e. The number of ether oxygens (including phenoxy) is 3. The summed E-state index contributed by atoms with van der Waals surface area (Å²) in [7, 11) is 3.21. The molecule has 1 aliphatic carbocycles. The number of aliphatic carboxylic acids is 1. The number of rotatable bonds is 11. The Morgan fingerprint density at radius 2 is 1.69 bits per heavy atom. The van der Waals surface area contributed by atoms with Crippen LogP contribution in [-0.2, 0) is 29.0 Å². The zero-order valence-corrected chi connectivity index (χ0v) is 22.1. The molecule has 0 aliphatic heterocycles. The molecule has 3 aromatic carbocycles. The van der Waals surface area contributed by atoms with Gasteiger partial charge in [-0.25, -0.2) is 13.6 Å². The van der Waals surface area contributed by atoms with Gasteiger partial charge in [0, 0.05) is 24.5 Å². The Labute approximate surface area is 225 Å². The highest BCUT2D eigenvalue weighted by Crippen LogP contribution is 2.47. The van der Waals surface area contributed by atoms with Gasteiger partial charge in [-0.15, -0.1) is 0 Å². The molecule has 0 fully saturated rings. The fourth-order valence-corrected chi connectivity index (χ4v) is 5.23. The van der Waals surface area contributed by atoms with Crippen molar-refractivity contribution in [1.82, 2.24) is 5.32 Å². The third-order valence-electron chi connectivity index (χ3n) is 7.01. The number of halogens is 2. The lowest BCUT2D eigenvalue weighted by Gasteiger charge is -2.21. The third kappa shape index (κ3) is 5.88. The van der Waals surface area contributed by atoms with Crippen LogP contribution in [0.15, 0.2) is 48.5 Å². The van der Waals surface area contributed by atoms with E-state index in [1.54, 1.807) is 14.2 Å². The highest BCUT2D eigenvalue weighted by atomic mass is 19.1. The van der Waals surface area contributed by atoms with Gasteiger partial charge in [-0.3, -0.25) is 4.79 Å². The topological polar surface area (TPSA) is 94.1 Å². The minimum absolute atomic E-state index is 0.0470. The van der Waals surface area contributed by atoms with Crippen LogP contribution in [0.5, 0.6) is 11.5 Å². The molecule has 4 rings (SSSR count). The second kappa shape index (κ2) is 12.3. The highest BCUT2D eigenvalue weighted by molar-refractivity contribution is 5.97.